The van der Waals surface area contributed by atoms with Crippen LogP contribution in [0, 0.1) is 6.92 Å². The molecule has 0 aliphatic carbocycles. The minimum absolute atomic E-state index is 0.157. The van der Waals surface area contributed by atoms with Gasteiger partial charge in [-0.15, -0.1) is 0 Å². The van der Waals surface area contributed by atoms with E-state index in [9.17, 15) is 4.79 Å². The first-order valence-electron chi connectivity index (χ1n) is 9.92. The first-order valence-corrected chi connectivity index (χ1v) is 10.3. The zero-order valence-electron chi connectivity index (χ0n) is 17.1. The summed E-state index contributed by atoms with van der Waals surface area (Å²) in [5, 5.41) is 10.7. The van der Waals surface area contributed by atoms with Crippen LogP contribution in [0.3, 0.4) is 0 Å². The van der Waals surface area contributed by atoms with Crippen molar-refractivity contribution in [3.8, 4) is 0 Å². The first kappa shape index (κ1) is 20.1. The molecule has 0 saturated carbocycles. The Labute approximate surface area is 179 Å². The SMILES string of the molecule is C=c1ccc(=C2CCC(C)=c3[nH]c(CNc4cccc(Cl)c4)cc(=O)[n+]3=N2)cc1C. The quantitative estimate of drug-likeness (QED) is 0.640. The second-order valence-electron chi connectivity index (χ2n) is 7.63. The van der Waals surface area contributed by atoms with Gasteiger partial charge in [-0.3, -0.25) is 0 Å². The number of H-pyrrole nitrogens is 1. The molecule has 0 saturated heterocycles. The van der Waals surface area contributed by atoms with E-state index in [1.807, 2.05) is 50.2 Å². The molecule has 30 heavy (non-hydrogen) atoms. The summed E-state index contributed by atoms with van der Waals surface area (Å²) in [5.41, 5.74) is 5.39. The number of nitrogens with one attached hydrogen (secondary N) is 2. The number of hydrogen-bond acceptors (Lipinski definition) is 3. The van der Waals surface area contributed by atoms with Gasteiger partial charge in [-0.2, -0.15) is 0 Å². The van der Waals surface area contributed by atoms with E-state index in [0.29, 0.717) is 11.6 Å². The van der Waals surface area contributed by atoms with Gasteiger partial charge in [0.25, 0.3) is 0 Å². The van der Waals surface area contributed by atoms with E-state index in [1.54, 1.807) is 6.07 Å². The highest BCUT2D eigenvalue weighted by Gasteiger charge is 2.15. The Bertz CT molecular complexity index is 1420. The molecule has 1 aromatic heterocycles. The van der Waals surface area contributed by atoms with Gasteiger partial charge in [-0.05, 0) is 61.7 Å². The Morgan fingerprint density at radius 1 is 1.17 bits per heavy atom. The fraction of sp³-hybridized carbons (Fsp3) is 0.208. The summed E-state index contributed by atoms with van der Waals surface area (Å²) in [6.07, 6.45) is 1.60. The smallest absolute Gasteiger partial charge is 0.363 e. The highest BCUT2D eigenvalue weighted by Crippen LogP contribution is 2.15. The number of hydrogen-bond donors (Lipinski definition) is 2. The molecular weight excluding hydrogens is 396 g/mol. The zero-order chi connectivity index (χ0) is 21.3. The Morgan fingerprint density at radius 3 is 2.77 bits per heavy atom. The maximum absolute atomic E-state index is 12.9. The van der Waals surface area contributed by atoms with Crippen molar-refractivity contribution in [3.05, 3.63) is 91.1 Å². The van der Waals surface area contributed by atoms with Crippen LogP contribution in [0.1, 0.15) is 31.0 Å². The molecule has 0 bridgehead atoms. The highest BCUT2D eigenvalue weighted by atomic mass is 35.5. The van der Waals surface area contributed by atoms with Crippen LogP contribution in [-0.4, -0.2) is 4.98 Å². The molecule has 2 heterocycles. The second-order valence-corrected chi connectivity index (χ2v) is 8.06. The largest absolute Gasteiger partial charge is 0.377 e. The third-order valence-electron chi connectivity index (χ3n) is 5.34. The number of benzene rings is 2. The number of anilines is 1. The van der Waals surface area contributed by atoms with E-state index in [1.165, 1.54) is 4.36 Å². The van der Waals surface area contributed by atoms with E-state index in [-0.39, 0.29) is 5.56 Å². The van der Waals surface area contributed by atoms with Crippen molar-refractivity contribution in [1.29, 1.82) is 0 Å². The van der Waals surface area contributed by atoms with Crippen LogP contribution < -0.4 is 31.2 Å². The highest BCUT2D eigenvalue weighted by molar-refractivity contribution is 6.30. The predicted molar refractivity (Wildman–Crippen MR) is 121 cm³/mol. The van der Waals surface area contributed by atoms with Crippen LogP contribution in [0.2, 0.25) is 5.02 Å². The lowest BCUT2D eigenvalue weighted by molar-refractivity contribution is -0.576. The van der Waals surface area contributed by atoms with Gasteiger partial charge in [0.15, 0.2) is 0 Å². The van der Waals surface area contributed by atoms with Crippen molar-refractivity contribution in [2.45, 2.75) is 33.2 Å². The fourth-order valence-electron chi connectivity index (χ4n) is 3.51. The van der Waals surface area contributed by atoms with E-state index >= 15 is 0 Å². The molecule has 1 aliphatic heterocycles. The Kier molecular flexibility index (Phi) is 5.55. The van der Waals surface area contributed by atoms with Crippen molar-refractivity contribution in [2.24, 2.45) is 5.11 Å². The molecule has 0 fully saturated rings. The van der Waals surface area contributed by atoms with Crippen LogP contribution in [0.25, 0.3) is 17.8 Å². The number of rotatable bonds is 3. The van der Waals surface area contributed by atoms with Gasteiger partial charge in [-0.1, -0.05) is 45.9 Å². The van der Waals surface area contributed by atoms with Crippen molar-refractivity contribution in [2.75, 3.05) is 5.32 Å². The Balaban J connectivity index is 1.79. The summed E-state index contributed by atoms with van der Waals surface area (Å²) < 4.78 is 1.48. The van der Waals surface area contributed by atoms with Gasteiger partial charge in [0.2, 0.25) is 0 Å². The molecule has 2 N–H and O–H groups in total. The molecule has 1 aliphatic rings. The fourth-order valence-corrected chi connectivity index (χ4v) is 3.70. The average Bonchev–Trinajstić information content (AvgIpc) is 2.88. The molecule has 2 aromatic carbocycles. The number of fused-ring (bicyclic) bond motifs is 1. The Hall–Kier alpha value is -3.18. The number of aromatic nitrogens is 2. The molecular formula is C24H24ClN4O+. The van der Waals surface area contributed by atoms with Crippen molar-refractivity contribution in [3.63, 3.8) is 0 Å². The third-order valence-corrected chi connectivity index (χ3v) is 5.58. The maximum atomic E-state index is 12.9. The second kappa shape index (κ2) is 8.28. The number of aromatic amines is 1. The van der Waals surface area contributed by atoms with E-state index in [4.69, 9.17) is 16.7 Å². The normalized spacial score (nSPS) is 15.2. The molecule has 6 heteroatoms. The number of halogens is 1. The number of nitrogens with zero attached hydrogens (tertiary/aromatic N) is 2. The average molecular weight is 420 g/mol. The standard InChI is InChI=1S/C24H23ClN4O/c1-15-7-9-18(11-17(15)3)22-10-8-16(2)24-27-21(13-23(30)29(24)28-22)14-26-20-6-4-5-19(25)12-20/h4-7,9,11-13,26H,1,8,10,14H2,2-3H3/p+1. The van der Waals surface area contributed by atoms with Crippen LogP contribution in [-0.2, 0) is 6.54 Å². The van der Waals surface area contributed by atoms with Crippen molar-refractivity contribution < 1.29 is 4.36 Å². The van der Waals surface area contributed by atoms with Gasteiger partial charge < -0.3 is 5.32 Å². The van der Waals surface area contributed by atoms with Gasteiger partial charge in [-0.25, -0.2) is 9.78 Å². The molecule has 4 rings (SSSR count). The molecule has 0 radical (unpaired) electrons. The van der Waals surface area contributed by atoms with Gasteiger partial charge in [0.05, 0.1) is 18.3 Å². The minimum atomic E-state index is -0.157. The predicted octanol–water partition coefficient (Wildman–Crippen LogP) is 2.45. The van der Waals surface area contributed by atoms with Gasteiger partial charge >= 0.3 is 11.0 Å². The summed E-state index contributed by atoms with van der Waals surface area (Å²) >= 11 is 6.04. The number of aryl methyl sites for hydroxylation is 1. The summed E-state index contributed by atoms with van der Waals surface area (Å²) in [6, 6.07) is 15.2. The van der Waals surface area contributed by atoms with E-state index < -0.39 is 0 Å². The van der Waals surface area contributed by atoms with Crippen LogP contribution in [0.4, 0.5) is 5.69 Å². The van der Waals surface area contributed by atoms with Crippen LogP contribution >= 0.6 is 11.6 Å². The third kappa shape index (κ3) is 4.21. The monoisotopic (exact) mass is 419 g/mol. The summed E-state index contributed by atoms with van der Waals surface area (Å²) in [5.74, 6) is 0. The van der Waals surface area contributed by atoms with Crippen LogP contribution in [0.5, 0.6) is 0 Å². The molecule has 0 spiro atoms. The van der Waals surface area contributed by atoms with Crippen molar-refractivity contribution in [1.82, 2.24) is 4.98 Å². The molecule has 5 nitrogen and oxygen atoms in total. The van der Waals surface area contributed by atoms with E-state index in [2.05, 4.69) is 22.9 Å². The summed E-state index contributed by atoms with van der Waals surface area (Å²) in [4.78, 5) is 16.3. The molecule has 0 amide bonds. The maximum Gasteiger partial charge on any atom is 0.363 e. The minimum Gasteiger partial charge on any atom is -0.377 e. The molecule has 3 aromatic rings. The topological polar surface area (TPSA) is 63.2 Å². The first-order chi connectivity index (χ1) is 14.4. The lowest BCUT2D eigenvalue weighted by Gasteiger charge is -2.04. The molecule has 152 valence electrons. The van der Waals surface area contributed by atoms with Gasteiger partial charge in [0, 0.05) is 21.5 Å². The van der Waals surface area contributed by atoms with Crippen LogP contribution in [0.15, 0.2) is 58.4 Å². The Morgan fingerprint density at radius 2 is 2.00 bits per heavy atom. The molecule has 0 atom stereocenters. The van der Waals surface area contributed by atoms with Crippen molar-refractivity contribution >= 4 is 35.1 Å². The zero-order valence-corrected chi connectivity index (χ0v) is 17.9. The summed E-state index contributed by atoms with van der Waals surface area (Å²) in [7, 11) is 0. The lowest BCUT2D eigenvalue weighted by Crippen LogP contribution is -2.53. The summed E-state index contributed by atoms with van der Waals surface area (Å²) in [6.45, 7) is 8.58. The van der Waals surface area contributed by atoms with Gasteiger partial charge in [0.1, 0.15) is 5.69 Å². The molecule has 0 unspecified atom stereocenters. The van der Waals surface area contributed by atoms with E-state index in [0.717, 1.165) is 57.0 Å². The lowest BCUT2D eigenvalue weighted by atomic mass is 10.1.